The van der Waals surface area contributed by atoms with E-state index in [1.54, 1.807) is 13.8 Å². The Bertz CT molecular complexity index is 245. The molecule has 0 fully saturated rings. The largest absolute Gasteiger partial charge is 0.465 e. The molecule has 0 aromatic heterocycles. The quantitative estimate of drug-likeness (QED) is 0.481. The van der Waals surface area contributed by atoms with Gasteiger partial charge in [0.2, 0.25) is 0 Å². The molecule has 0 aromatic rings. The van der Waals surface area contributed by atoms with E-state index in [-0.39, 0.29) is 19.6 Å². The number of hydrogen-bond acceptors (Lipinski definition) is 6. The summed E-state index contributed by atoms with van der Waals surface area (Å²) >= 11 is 0. The maximum absolute atomic E-state index is 11.7. The fourth-order valence-corrected chi connectivity index (χ4v) is 1.37. The fourth-order valence-electron chi connectivity index (χ4n) is 1.37. The van der Waals surface area contributed by atoms with Gasteiger partial charge in [-0.3, -0.25) is 9.59 Å². The number of esters is 2. The summed E-state index contributed by atoms with van der Waals surface area (Å²) in [6, 6.07) is 0. The van der Waals surface area contributed by atoms with Crippen molar-refractivity contribution in [1.82, 2.24) is 0 Å². The van der Waals surface area contributed by atoms with Crippen molar-refractivity contribution in [2.75, 3.05) is 19.8 Å². The normalized spacial score (nSPS) is 13.0. The summed E-state index contributed by atoms with van der Waals surface area (Å²) in [5.41, 5.74) is -1.59. The molecule has 1 atom stereocenters. The van der Waals surface area contributed by atoms with E-state index in [1.807, 2.05) is 0 Å². The predicted molar refractivity (Wildman–Crippen MR) is 59.1 cm³/mol. The molecular formula is C11H20O6. The highest BCUT2D eigenvalue weighted by Crippen LogP contribution is 2.27. The van der Waals surface area contributed by atoms with Crippen molar-refractivity contribution in [2.45, 2.75) is 33.3 Å². The van der Waals surface area contributed by atoms with Crippen molar-refractivity contribution >= 4 is 11.9 Å². The van der Waals surface area contributed by atoms with E-state index in [0.717, 1.165) is 0 Å². The highest BCUT2D eigenvalue weighted by Gasteiger charge is 2.45. The van der Waals surface area contributed by atoms with Gasteiger partial charge in [-0.2, -0.15) is 0 Å². The number of carbonyl (C=O) groups excluding carboxylic acids is 2. The lowest BCUT2D eigenvalue weighted by atomic mass is 9.84. The summed E-state index contributed by atoms with van der Waals surface area (Å²) in [5, 5.41) is 18.1. The number of aliphatic hydroxyl groups excluding tert-OH is 2. The Balaban J connectivity index is 4.91. The van der Waals surface area contributed by atoms with Gasteiger partial charge < -0.3 is 19.7 Å². The summed E-state index contributed by atoms with van der Waals surface area (Å²) in [6.07, 6.45) is -1.41. The lowest BCUT2D eigenvalue weighted by Crippen LogP contribution is -2.42. The van der Waals surface area contributed by atoms with Gasteiger partial charge in [0.05, 0.1) is 25.9 Å². The number of ether oxygens (including phenoxy) is 2. The highest BCUT2D eigenvalue weighted by molar-refractivity contribution is 5.99. The van der Waals surface area contributed by atoms with Gasteiger partial charge in [0.15, 0.2) is 5.41 Å². The van der Waals surface area contributed by atoms with Gasteiger partial charge >= 0.3 is 11.9 Å². The van der Waals surface area contributed by atoms with Crippen LogP contribution in [0, 0.1) is 5.41 Å². The molecule has 0 aliphatic carbocycles. The molecule has 6 nitrogen and oxygen atoms in total. The standard InChI is InChI=1S/C11H20O6/c1-4-16-9(14)11(3,6-8(13)7-12)10(15)17-5-2/h8,12-13H,4-7H2,1-3H3. The first kappa shape index (κ1) is 15.9. The van der Waals surface area contributed by atoms with Gasteiger partial charge in [-0.1, -0.05) is 0 Å². The van der Waals surface area contributed by atoms with Crippen molar-refractivity contribution in [2.24, 2.45) is 5.41 Å². The predicted octanol–water partition coefficient (Wildman–Crippen LogP) is -0.138. The van der Waals surface area contributed by atoms with Crippen LogP contribution in [-0.2, 0) is 19.1 Å². The minimum Gasteiger partial charge on any atom is -0.465 e. The van der Waals surface area contributed by atoms with E-state index in [4.69, 9.17) is 14.6 Å². The van der Waals surface area contributed by atoms with E-state index < -0.39 is 30.1 Å². The van der Waals surface area contributed by atoms with Crippen LogP contribution in [0.3, 0.4) is 0 Å². The minimum atomic E-state index is -1.59. The molecule has 0 bridgehead atoms. The Morgan fingerprint density at radius 1 is 1.18 bits per heavy atom. The third kappa shape index (κ3) is 4.32. The van der Waals surface area contributed by atoms with Crippen LogP contribution in [0.15, 0.2) is 0 Å². The van der Waals surface area contributed by atoms with E-state index in [9.17, 15) is 14.7 Å². The molecule has 6 heteroatoms. The molecule has 1 unspecified atom stereocenters. The summed E-state index contributed by atoms with van der Waals surface area (Å²) in [4.78, 5) is 23.4. The fraction of sp³-hybridized carbons (Fsp3) is 0.818. The molecule has 0 aliphatic rings. The number of carbonyl (C=O) groups is 2. The van der Waals surface area contributed by atoms with Gasteiger partial charge in [-0.25, -0.2) is 0 Å². The van der Waals surface area contributed by atoms with Crippen LogP contribution in [0.5, 0.6) is 0 Å². The monoisotopic (exact) mass is 248 g/mol. The molecule has 0 amide bonds. The van der Waals surface area contributed by atoms with Gasteiger partial charge in [0.25, 0.3) is 0 Å². The zero-order valence-electron chi connectivity index (χ0n) is 10.4. The molecule has 0 radical (unpaired) electrons. The minimum absolute atomic E-state index is 0.128. The van der Waals surface area contributed by atoms with Crippen molar-refractivity contribution in [3.05, 3.63) is 0 Å². The van der Waals surface area contributed by atoms with E-state index in [1.165, 1.54) is 6.92 Å². The number of aliphatic hydroxyl groups is 2. The summed E-state index contributed by atoms with van der Waals surface area (Å²) < 4.78 is 9.57. The summed E-state index contributed by atoms with van der Waals surface area (Å²) in [6.45, 7) is 4.29. The van der Waals surface area contributed by atoms with Crippen molar-refractivity contribution in [1.29, 1.82) is 0 Å². The van der Waals surface area contributed by atoms with Gasteiger partial charge in [-0.05, 0) is 20.8 Å². The maximum atomic E-state index is 11.7. The molecule has 0 spiro atoms. The SMILES string of the molecule is CCOC(=O)C(C)(CC(O)CO)C(=O)OCC. The second-order valence-corrected chi connectivity index (χ2v) is 3.81. The molecule has 100 valence electrons. The summed E-state index contributed by atoms with van der Waals surface area (Å²) in [7, 11) is 0. The van der Waals surface area contributed by atoms with Gasteiger partial charge in [-0.15, -0.1) is 0 Å². The molecule has 2 N–H and O–H groups in total. The zero-order valence-corrected chi connectivity index (χ0v) is 10.4. The number of hydrogen-bond donors (Lipinski definition) is 2. The molecule has 0 aliphatic heterocycles. The van der Waals surface area contributed by atoms with Crippen LogP contribution >= 0.6 is 0 Å². The first-order chi connectivity index (χ1) is 7.92. The number of rotatable bonds is 7. The maximum Gasteiger partial charge on any atom is 0.323 e. The first-order valence-electron chi connectivity index (χ1n) is 5.55. The molecular weight excluding hydrogens is 228 g/mol. The molecule has 0 rings (SSSR count). The Hall–Kier alpha value is -1.14. The third-order valence-corrected chi connectivity index (χ3v) is 2.31. The Morgan fingerprint density at radius 3 is 1.88 bits per heavy atom. The van der Waals surface area contributed by atoms with Crippen LogP contribution < -0.4 is 0 Å². The lowest BCUT2D eigenvalue weighted by Gasteiger charge is -2.26. The molecule has 0 aromatic carbocycles. The topological polar surface area (TPSA) is 93.1 Å². The second-order valence-electron chi connectivity index (χ2n) is 3.81. The third-order valence-electron chi connectivity index (χ3n) is 2.31. The van der Waals surface area contributed by atoms with Gasteiger partial charge in [0.1, 0.15) is 0 Å². The van der Waals surface area contributed by atoms with Crippen molar-refractivity contribution < 1.29 is 29.3 Å². The molecule has 0 saturated heterocycles. The van der Waals surface area contributed by atoms with Crippen LogP contribution in [-0.4, -0.2) is 48.1 Å². The van der Waals surface area contributed by atoms with Crippen LogP contribution in [0.1, 0.15) is 27.2 Å². The lowest BCUT2D eigenvalue weighted by molar-refractivity contribution is -0.173. The average Bonchev–Trinajstić information content (AvgIpc) is 2.29. The smallest absolute Gasteiger partial charge is 0.323 e. The van der Waals surface area contributed by atoms with E-state index in [0.29, 0.717) is 0 Å². The van der Waals surface area contributed by atoms with Crippen LogP contribution in [0.4, 0.5) is 0 Å². The van der Waals surface area contributed by atoms with Crippen molar-refractivity contribution in [3.8, 4) is 0 Å². The molecule has 0 saturated carbocycles. The van der Waals surface area contributed by atoms with E-state index >= 15 is 0 Å². The van der Waals surface area contributed by atoms with Crippen LogP contribution in [0.25, 0.3) is 0 Å². The Morgan fingerprint density at radius 2 is 1.59 bits per heavy atom. The summed E-state index contributed by atoms with van der Waals surface area (Å²) in [5.74, 6) is -1.52. The Kier molecular flexibility index (Phi) is 6.75. The first-order valence-corrected chi connectivity index (χ1v) is 5.55. The average molecular weight is 248 g/mol. The zero-order chi connectivity index (χ0) is 13.5. The van der Waals surface area contributed by atoms with Gasteiger partial charge in [0, 0.05) is 6.42 Å². The molecule has 17 heavy (non-hydrogen) atoms. The second kappa shape index (κ2) is 7.24. The molecule has 0 heterocycles. The Labute approximate surface area is 101 Å². The van der Waals surface area contributed by atoms with Crippen molar-refractivity contribution in [3.63, 3.8) is 0 Å². The highest BCUT2D eigenvalue weighted by atomic mass is 16.6. The van der Waals surface area contributed by atoms with E-state index in [2.05, 4.69) is 0 Å². The van der Waals surface area contributed by atoms with Crippen LogP contribution in [0.2, 0.25) is 0 Å².